The van der Waals surface area contributed by atoms with Gasteiger partial charge in [-0.25, -0.2) is 0 Å². The molecule has 0 spiro atoms. The molecule has 0 heterocycles. The first-order valence-corrected chi connectivity index (χ1v) is 5.38. The van der Waals surface area contributed by atoms with E-state index >= 15 is 0 Å². The van der Waals surface area contributed by atoms with Crippen molar-refractivity contribution in [1.29, 1.82) is 0 Å². The Hall–Kier alpha value is -1.04. The van der Waals surface area contributed by atoms with Gasteiger partial charge in [-0.2, -0.15) is 0 Å². The van der Waals surface area contributed by atoms with Crippen molar-refractivity contribution >= 4 is 6.08 Å². The molecule has 75 valence electrons. The lowest BCUT2D eigenvalue weighted by molar-refractivity contribution is 0.620. The minimum absolute atomic E-state index is 0.695. The van der Waals surface area contributed by atoms with Crippen LogP contribution < -0.4 is 0 Å². The Balaban J connectivity index is 2.53. The second-order valence-electron chi connectivity index (χ2n) is 3.58. The van der Waals surface area contributed by atoms with Crippen LogP contribution in [0.25, 0.3) is 6.08 Å². The third-order valence-electron chi connectivity index (χ3n) is 2.42. The van der Waals surface area contributed by atoms with Gasteiger partial charge in [-0.1, -0.05) is 56.3 Å². The van der Waals surface area contributed by atoms with Gasteiger partial charge in [-0.15, -0.1) is 0 Å². The van der Waals surface area contributed by atoms with Crippen LogP contribution in [-0.2, 0) is 0 Å². The largest absolute Gasteiger partial charge is 0.0808 e. The van der Waals surface area contributed by atoms with Crippen LogP contribution >= 0.6 is 0 Å². The van der Waals surface area contributed by atoms with E-state index in [1.54, 1.807) is 0 Å². The Labute approximate surface area is 87.7 Å². The predicted octanol–water partition coefficient (Wildman–Crippen LogP) is 4.34. The van der Waals surface area contributed by atoms with Gasteiger partial charge in [0.1, 0.15) is 0 Å². The van der Waals surface area contributed by atoms with Crippen molar-refractivity contribution < 1.29 is 0 Å². The SMILES string of the molecule is C[CH]CC(C=Cc1ccccc1)CC. The Morgan fingerprint density at radius 3 is 2.50 bits per heavy atom. The van der Waals surface area contributed by atoms with Crippen molar-refractivity contribution in [3.8, 4) is 0 Å². The summed E-state index contributed by atoms with van der Waals surface area (Å²) >= 11 is 0. The van der Waals surface area contributed by atoms with Gasteiger partial charge < -0.3 is 0 Å². The van der Waals surface area contributed by atoms with Crippen molar-refractivity contribution in [1.82, 2.24) is 0 Å². The van der Waals surface area contributed by atoms with Crippen molar-refractivity contribution in [3.05, 3.63) is 48.4 Å². The Morgan fingerprint density at radius 2 is 1.93 bits per heavy atom. The average molecular weight is 187 g/mol. The number of rotatable bonds is 5. The molecule has 1 aromatic carbocycles. The molecule has 1 aromatic rings. The third kappa shape index (κ3) is 3.78. The van der Waals surface area contributed by atoms with Gasteiger partial charge in [0.05, 0.1) is 0 Å². The fraction of sp³-hybridized carbons (Fsp3) is 0.357. The second kappa shape index (κ2) is 6.42. The molecule has 14 heavy (non-hydrogen) atoms. The molecule has 0 saturated carbocycles. The molecule has 0 fully saturated rings. The molecule has 1 rings (SSSR count). The number of hydrogen-bond acceptors (Lipinski definition) is 0. The first-order valence-electron chi connectivity index (χ1n) is 5.38. The van der Waals surface area contributed by atoms with E-state index < -0.39 is 0 Å². The maximum atomic E-state index is 2.31. The summed E-state index contributed by atoms with van der Waals surface area (Å²) < 4.78 is 0. The summed E-state index contributed by atoms with van der Waals surface area (Å²) in [5.41, 5.74) is 1.29. The maximum absolute atomic E-state index is 2.31. The van der Waals surface area contributed by atoms with Crippen molar-refractivity contribution in [2.45, 2.75) is 26.7 Å². The molecule has 0 amide bonds. The quantitative estimate of drug-likeness (QED) is 0.643. The molecular weight excluding hydrogens is 168 g/mol. The summed E-state index contributed by atoms with van der Waals surface area (Å²) in [6.45, 7) is 4.36. The summed E-state index contributed by atoms with van der Waals surface area (Å²) in [4.78, 5) is 0. The zero-order valence-corrected chi connectivity index (χ0v) is 9.11. The number of hydrogen-bond donors (Lipinski definition) is 0. The first kappa shape index (κ1) is 11.0. The molecule has 0 N–H and O–H groups in total. The van der Waals surface area contributed by atoms with Crippen LogP contribution in [0.15, 0.2) is 36.4 Å². The molecule has 0 aliphatic heterocycles. The van der Waals surface area contributed by atoms with Crippen LogP contribution in [0.2, 0.25) is 0 Å². The highest BCUT2D eigenvalue weighted by molar-refractivity contribution is 5.48. The van der Waals surface area contributed by atoms with Gasteiger partial charge >= 0.3 is 0 Å². The normalized spacial score (nSPS) is 13.3. The summed E-state index contributed by atoms with van der Waals surface area (Å²) in [6.07, 6.45) is 9.17. The minimum Gasteiger partial charge on any atom is -0.0808 e. The molecule has 0 heteroatoms. The molecule has 0 aliphatic carbocycles. The predicted molar refractivity (Wildman–Crippen MR) is 63.8 cm³/mol. The zero-order valence-electron chi connectivity index (χ0n) is 9.11. The molecular formula is C14H19. The Kier molecular flexibility index (Phi) is 5.06. The van der Waals surface area contributed by atoms with E-state index in [2.05, 4.69) is 62.8 Å². The van der Waals surface area contributed by atoms with E-state index in [4.69, 9.17) is 0 Å². The molecule has 1 radical (unpaired) electrons. The van der Waals surface area contributed by atoms with E-state index in [0.29, 0.717) is 5.92 Å². The highest BCUT2D eigenvalue weighted by Crippen LogP contribution is 2.13. The number of allylic oxidation sites excluding steroid dienone is 1. The van der Waals surface area contributed by atoms with Crippen molar-refractivity contribution in [3.63, 3.8) is 0 Å². The Bertz CT molecular complexity index is 259. The summed E-state index contributed by atoms with van der Waals surface area (Å²) in [6, 6.07) is 10.5. The van der Waals surface area contributed by atoms with Crippen LogP contribution in [0.3, 0.4) is 0 Å². The lowest BCUT2D eigenvalue weighted by atomic mass is 9.99. The second-order valence-corrected chi connectivity index (χ2v) is 3.58. The fourth-order valence-corrected chi connectivity index (χ4v) is 1.50. The van der Waals surface area contributed by atoms with Crippen LogP contribution in [0.1, 0.15) is 32.3 Å². The van der Waals surface area contributed by atoms with E-state index in [-0.39, 0.29) is 0 Å². The molecule has 1 unspecified atom stereocenters. The van der Waals surface area contributed by atoms with Gasteiger partial charge in [0, 0.05) is 0 Å². The molecule has 0 aromatic heterocycles. The van der Waals surface area contributed by atoms with Gasteiger partial charge in [0.25, 0.3) is 0 Å². The van der Waals surface area contributed by atoms with Gasteiger partial charge in [0.2, 0.25) is 0 Å². The van der Waals surface area contributed by atoms with E-state index in [9.17, 15) is 0 Å². The maximum Gasteiger partial charge on any atom is -0.0230 e. The first-order chi connectivity index (χ1) is 6.86. The molecule has 0 saturated heterocycles. The fourth-order valence-electron chi connectivity index (χ4n) is 1.50. The standard InChI is InChI=1S/C14H19/c1-3-8-13(4-2)11-12-14-9-6-5-7-10-14/h3,5-7,9-13H,4,8H2,1-2H3. The monoisotopic (exact) mass is 187 g/mol. The molecule has 0 aliphatic rings. The Morgan fingerprint density at radius 1 is 1.21 bits per heavy atom. The topological polar surface area (TPSA) is 0 Å². The lowest BCUT2D eigenvalue weighted by Gasteiger charge is -2.06. The minimum atomic E-state index is 0.695. The van der Waals surface area contributed by atoms with Gasteiger partial charge in [-0.3, -0.25) is 0 Å². The van der Waals surface area contributed by atoms with Crippen LogP contribution in [0.5, 0.6) is 0 Å². The molecule has 1 atom stereocenters. The average Bonchev–Trinajstić information content (AvgIpc) is 2.25. The highest BCUT2D eigenvalue weighted by Gasteiger charge is 1.98. The highest BCUT2D eigenvalue weighted by atomic mass is 14.0. The van der Waals surface area contributed by atoms with Crippen molar-refractivity contribution in [2.24, 2.45) is 5.92 Å². The van der Waals surface area contributed by atoms with Crippen molar-refractivity contribution in [2.75, 3.05) is 0 Å². The van der Waals surface area contributed by atoms with Crippen LogP contribution in [0.4, 0.5) is 0 Å². The van der Waals surface area contributed by atoms with E-state index in [0.717, 1.165) is 0 Å². The van der Waals surface area contributed by atoms with Gasteiger partial charge in [0.15, 0.2) is 0 Å². The summed E-state index contributed by atoms with van der Waals surface area (Å²) in [5, 5.41) is 0. The van der Waals surface area contributed by atoms with Crippen LogP contribution in [0, 0.1) is 12.3 Å². The van der Waals surface area contributed by atoms with E-state index in [1.165, 1.54) is 18.4 Å². The third-order valence-corrected chi connectivity index (χ3v) is 2.42. The van der Waals surface area contributed by atoms with Gasteiger partial charge in [-0.05, 0) is 30.7 Å². The molecule has 0 nitrogen and oxygen atoms in total. The number of benzene rings is 1. The van der Waals surface area contributed by atoms with E-state index in [1.807, 2.05) is 0 Å². The molecule has 0 bridgehead atoms. The van der Waals surface area contributed by atoms with Crippen LogP contribution in [-0.4, -0.2) is 0 Å². The summed E-state index contributed by atoms with van der Waals surface area (Å²) in [7, 11) is 0. The zero-order chi connectivity index (χ0) is 10.2. The summed E-state index contributed by atoms with van der Waals surface area (Å²) in [5.74, 6) is 0.695. The smallest absolute Gasteiger partial charge is 0.0230 e. The lowest BCUT2D eigenvalue weighted by Crippen LogP contribution is -1.92.